The van der Waals surface area contributed by atoms with Gasteiger partial charge in [0.05, 0.1) is 6.42 Å². The van der Waals surface area contributed by atoms with E-state index in [1.165, 1.54) is 6.92 Å². The molecule has 0 saturated carbocycles. The third kappa shape index (κ3) is 5.42. The number of hydrogen-bond acceptors (Lipinski definition) is 4. The molecular weight excluding hydrogens is 340 g/mol. The van der Waals surface area contributed by atoms with E-state index in [2.05, 4.69) is 15.5 Å². The molecule has 138 valence electrons. The number of halogens is 1. The molecule has 2 fully saturated rings. The van der Waals surface area contributed by atoms with Crippen molar-refractivity contribution in [1.29, 1.82) is 0 Å². The van der Waals surface area contributed by atoms with Crippen molar-refractivity contribution in [2.75, 3.05) is 44.6 Å². The minimum Gasteiger partial charge on any atom is -0.341 e. The molecule has 2 N–H and O–H groups in total. The lowest BCUT2D eigenvalue weighted by Gasteiger charge is -2.32. The van der Waals surface area contributed by atoms with Crippen molar-refractivity contribution in [3.63, 3.8) is 0 Å². The molecule has 7 heteroatoms. The Morgan fingerprint density at radius 3 is 2.48 bits per heavy atom. The molecule has 2 heterocycles. The van der Waals surface area contributed by atoms with Crippen LogP contribution in [0.4, 0.5) is 5.69 Å². The first kappa shape index (κ1) is 19.7. The second-order valence-electron chi connectivity index (χ2n) is 6.62. The molecule has 2 aliphatic heterocycles. The molecule has 25 heavy (non-hydrogen) atoms. The maximum atomic E-state index is 12.5. The Kier molecular flexibility index (Phi) is 7.23. The minimum absolute atomic E-state index is 0. The fraction of sp³-hybridized carbons (Fsp3) is 0.556. The summed E-state index contributed by atoms with van der Waals surface area (Å²) < 4.78 is 0. The molecular formula is C18H27ClN4O2. The molecule has 3 rings (SSSR count). The van der Waals surface area contributed by atoms with Crippen LogP contribution in [-0.4, -0.2) is 66.9 Å². The number of nitrogens with zero attached hydrogens (tertiary/aromatic N) is 2. The highest BCUT2D eigenvalue weighted by Gasteiger charge is 2.30. The van der Waals surface area contributed by atoms with E-state index in [9.17, 15) is 9.59 Å². The van der Waals surface area contributed by atoms with Crippen LogP contribution in [0, 0.1) is 0 Å². The first-order chi connectivity index (χ1) is 11.6. The van der Waals surface area contributed by atoms with Gasteiger partial charge < -0.3 is 15.5 Å². The summed E-state index contributed by atoms with van der Waals surface area (Å²) in [6.45, 7) is 7.45. The fourth-order valence-electron chi connectivity index (χ4n) is 3.51. The Morgan fingerprint density at radius 2 is 1.84 bits per heavy atom. The number of carbonyl (C=O) groups excluding carboxylic acids is 2. The average Bonchev–Trinajstić information content (AvgIpc) is 3.07. The zero-order chi connectivity index (χ0) is 16.9. The summed E-state index contributed by atoms with van der Waals surface area (Å²) in [6.07, 6.45) is 1.50. The van der Waals surface area contributed by atoms with Crippen molar-refractivity contribution >= 4 is 29.9 Å². The zero-order valence-corrected chi connectivity index (χ0v) is 15.5. The van der Waals surface area contributed by atoms with Gasteiger partial charge in [0.25, 0.3) is 0 Å². The molecule has 0 aliphatic carbocycles. The maximum absolute atomic E-state index is 12.5. The van der Waals surface area contributed by atoms with E-state index >= 15 is 0 Å². The summed E-state index contributed by atoms with van der Waals surface area (Å²) in [5, 5.41) is 6.11. The van der Waals surface area contributed by atoms with Gasteiger partial charge in [-0.3, -0.25) is 14.5 Å². The van der Waals surface area contributed by atoms with Crippen molar-refractivity contribution in [3.8, 4) is 0 Å². The summed E-state index contributed by atoms with van der Waals surface area (Å²) in [5.41, 5.74) is 1.75. The monoisotopic (exact) mass is 366 g/mol. The Labute approximate surface area is 155 Å². The van der Waals surface area contributed by atoms with Gasteiger partial charge in [-0.1, -0.05) is 12.1 Å². The van der Waals surface area contributed by atoms with E-state index in [-0.39, 0.29) is 24.2 Å². The molecule has 1 unspecified atom stereocenters. The van der Waals surface area contributed by atoms with E-state index in [4.69, 9.17) is 0 Å². The van der Waals surface area contributed by atoms with E-state index in [0.29, 0.717) is 12.5 Å². The van der Waals surface area contributed by atoms with Gasteiger partial charge in [-0.05, 0) is 24.1 Å². The van der Waals surface area contributed by atoms with Crippen LogP contribution in [0.15, 0.2) is 24.3 Å². The molecule has 0 aromatic heterocycles. The van der Waals surface area contributed by atoms with Gasteiger partial charge in [0.2, 0.25) is 11.8 Å². The third-order valence-corrected chi connectivity index (χ3v) is 4.81. The average molecular weight is 367 g/mol. The standard InChI is InChI=1S/C18H26N4O2.ClH/c1-14(23)20-16-4-2-15(3-5-16)12-18(24)22-9-6-17(13-22)21-10-7-19-8-11-21;/h2-5,17,19H,6-13H2,1H3,(H,20,23);1H. The lowest BCUT2D eigenvalue weighted by atomic mass is 10.1. The van der Waals surface area contributed by atoms with Crippen LogP contribution >= 0.6 is 12.4 Å². The number of piperazine rings is 1. The quantitative estimate of drug-likeness (QED) is 0.838. The molecule has 2 aliphatic rings. The molecule has 1 atom stereocenters. The number of carbonyl (C=O) groups is 2. The van der Waals surface area contributed by atoms with Gasteiger partial charge in [0.15, 0.2) is 0 Å². The van der Waals surface area contributed by atoms with Gasteiger partial charge in [0.1, 0.15) is 0 Å². The lowest BCUT2D eigenvalue weighted by molar-refractivity contribution is -0.129. The Balaban J connectivity index is 0.00000225. The molecule has 1 aromatic rings. The summed E-state index contributed by atoms with van der Waals surface area (Å²) >= 11 is 0. The number of nitrogens with one attached hydrogen (secondary N) is 2. The van der Waals surface area contributed by atoms with Crippen LogP contribution in [-0.2, 0) is 16.0 Å². The highest BCUT2D eigenvalue weighted by atomic mass is 35.5. The van der Waals surface area contributed by atoms with Gasteiger partial charge >= 0.3 is 0 Å². The smallest absolute Gasteiger partial charge is 0.227 e. The summed E-state index contributed by atoms with van der Waals surface area (Å²) in [7, 11) is 0. The van der Waals surface area contributed by atoms with Crippen molar-refractivity contribution in [1.82, 2.24) is 15.1 Å². The highest BCUT2D eigenvalue weighted by Crippen LogP contribution is 2.18. The van der Waals surface area contributed by atoms with E-state index in [0.717, 1.165) is 56.9 Å². The summed E-state index contributed by atoms with van der Waals surface area (Å²) in [6, 6.07) is 8.02. The van der Waals surface area contributed by atoms with E-state index in [1.807, 2.05) is 29.2 Å². The van der Waals surface area contributed by atoms with Crippen LogP contribution in [0.2, 0.25) is 0 Å². The van der Waals surface area contributed by atoms with Gasteiger partial charge in [-0.15, -0.1) is 12.4 Å². The third-order valence-electron chi connectivity index (χ3n) is 4.81. The number of anilines is 1. The fourth-order valence-corrected chi connectivity index (χ4v) is 3.51. The molecule has 2 saturated heterocycles. The Morgan fingerprint density at radius 1 is 1.16 bits per heavy atom. The number of benzene rings is 1. The first-order valence-corrected chi connectivity index (χ1v) is 8.71. The molecule has 0 radical (unpaired) electrons. The molecule has 0 bridgehead atoms. The van der Waals surface area contributed by atoms with Gasteiger partial charge in [0, 0.05) is 57.9 Å². The van der Waals surface area contributed by atoms with Crippen molar-refractivity contribution in [2.45, 2.75) is 25.8 Å². The first-order valence-electron chi connectivity index (χ1n) is 8.71. The van der Waals surface area contributed by atoms with Gasteiger partial charge in [-0.25, -0.2) is 0 Å². The predicted molar refractivity (Wildman–Crippen MR) is 101 cm³/mol. The van der Waals surface area contributed by atoms with Crippen LogP contribution < -0.4 is 10.6 Å². The predicted octanol–water partition coefficient (Wildman–Crippen LogP) is 1.12. The highest BCUT2D eigenvalue weighted by molar-refractivity contribution is 5.88. The largest absolute Gasteiger partial charge is 0.341 e. The van der Waals surface area contributed by atoms with E-state index in [1.54, 1.807) is 0 Å². The minimum atomic E-state index is -0.0881. The van der Waals surface area contributed by atoms with Crippen LogP contribution in [0.3, 0.4) is 0 Å². The molecule has 1 aromatic carbocycles. The van der Waals surface area contributed by atoms with Crippen molar-refractivity contribution in [3.05, 3.63) is 29.8 Å². The van der Waals surface area contributed by atoms with Crippen LogP contribution in [0.5, 0.6) is 0 Å². The summed E-state index contributed by atoms with van der Waals surface area (Å²) in [4.78, 5) is 28.1. The van der Waals surface area contributed by atoms with Gasteiger partial charge in [-0.2, -0.15) is 0 Å². The molecule has 0 spiro atoms. The van der Waals surface area contributed by atoms with Crippen molar-refractivity contribution < 1.29 is 9.59 Å². The number of amides is 2. The Bertz CT molecular complexity index is 587. The normalized spacial score (nSPS) is 20.8. The van der Waals surface area contributed by atoms with Crippen LogP contribution in [0.25, 0.3) is 0 Å². The second kappa shape index (κ2) is 9.17. The number of likely N-dealkylation sites (tertiary alicyclic amines) is 1. The van der Waals surface area contributed by atoms with Crippen LogP contribution in [0.1, 0.15) is 18.9 Å². The lowest BCUT2D eigenvalue weighted by Crippen LogP contribution is -2.49. The van der Waals surface area contributed by atoms with E-state index < -0.39 is 0 Å². The number of hydrogen-bond donors (Lipinski definition) is 2. The molecule has 6 nitrogen and oxygen atoms in total. The topological polar surface area (TPSA) is 64.7 Å². The SMILES string of the molecule is CC(=O)Nc1ccc(CC(=O)N2CCC(N3CCNCC3)C2)cc1.Cl. The van der Waals surface area contributed by atoms with Crippen molar-refractivity contribution in [2.24, 2.45) is 0 Å². The maximum Gasteiger partial charge on any atom is 0.227 e. The summed E-state index contributed by atoms with van der Waals surface area (Å²) in [5.74, 6) is 0.106. The Hall–Kier alpha value is -1.63. The molecule has 2 amide bonds. The number of rotatable bonds is 4. The zero-order valence-electron chi connectivity index (χ0n) is 14.7. The second-order valence-corrected chi connectivity index (χ2v) is 6.62.